The number of amides is 1. The number of hydrogen-bond donors (Lipinski definition) is 2. The van der Waals surface area contributed by atoms with Crippen LogP contribution in [-0.4, -0.2) is 27.5 Å². The summed E-state index contributed by atoms with van der Waals surface area (Å²) in [7, 11) is 0. The van der Waals surface area contributed by atoms with E-state index in [1.165, 1.54) is 6.07 Å². The quantitative estimate of drug-likeness (QED) is 0.700. The molecule has 0 aliphatic rings. The number of benzene rings is 1. The topological polar surface area (TPSA) is 124 Å². The highest BCUT2D eigenvalue weighted by Gasteiger charge is 2.18. The summed E-state index contributed by atoms with van der Waals surface area (Å²) in [6.45, 7) is 2.64. The number of nitrogens with zero attached hydrogens (tertiary/aromatic N) is 1. The van der Waals surface area contributed by atoms with Crippen LogP contribution in [0.25, 0.3) is 10.9 Å². The number of fused-ring (bicyclic) bond motifs is 1. The van der Waals surface area contributed by atoms with E-state index < -0.39 is 41.6 Å². The molecule has 0 radical (unpaired) electrons. The van der Waals surface area contributed by atoms with Gasteiger partial charge < -0.3 is 20.2 Å². The lowest BCUT2D eigenvalue weighted by atomic mass is 10.1. The van der Waals surface area contributed by atoms with Gasteiger partial charge in [-0.1, -0.05) is 26.0 Å². The van der Waals surface area contributed by atoms with Crippen molar-refractivity contribution in [2.45, 2.75) is 26.4 Å². The third-order valence-corrected chi connectivity index (χ3v) is 3.43. The fourth-order valence-corrected chi connectivity index (χ4v) is 2.20. The molecule has 0 aliphatic heterocycles. The van der Waals surface area contributed by atoms with Crippen molar-refractivity contribution in [2.24, 2.45) is 5.92 Å². The van der Waals surface area contributed by atoms with Crippen LogP contribution in [0.3, 0.4) is 0 Å². The highest BCUT2D eigenvalue weighted by atomic mass is 16.4. The molecule has 2 aromatic rings. The van der Waals surface area contributed by atoms with Gasteiger partial charge in [0, 0.05) is 0 Å². The van der Waals surface area contributed by atoms with E-state index in [0.29, 0.717) is 5.52 Å². The lowest BCUT2D eigenvalue weighted by Gasteiger charge is -2.23. The Kier molecular flexibility index (Phi) is 4.63. The van der Waals surface area contributed by atoms with Gasteiger partial charge in [-0.05, 0) is 18.1 Å². The van der Waals surface area contributed by atoms with E-state index in [-0.39, 0.29) is 5.39 Å². The maximum atomic E-state index is 12.3. The normalized spacial score (nSPS) is 12.3. The molecule has 2 N–H and O–H groups in total. The van der Waals surface area contributed by atoms with Gasteiger partial charge in [-0.15, -0.1) is 0 Å². The smallest absolute Gasteiger partial charge is 0.329 e. The molecule has 0 aliphatic carbocycles. The first-order valence-corrected chi connectivity index (χ1v) is 7.03. The second kappa shape index (κ2) is 6.47. The average Bonchev–Trinajstić information content (AvgIpc) is 2.48. The number of aromatic nitrogens is 2. The summed E-state index contributed by atoms with van der Waals surface area (Å²) in [6.07, 6.45) is 0. The highest BCUT2D eigenvalue weighted by Crippen LogP contribution is 2.03. The van der Waals surface area contributed by atoms with Crippen LogP contribution >= 0.6 is 0 Å². The Morgan fingerprint density at radius 3 is 2.52 bits per heavy atom. The molecule has 8 nitrogen and oxygen atoms in total. The zero-order chi connectivity index (χ0) is 17.1. The number of hydrogen-bond acceptors (Lipinski definition) is 5. The number of H-pyrrole nitrogens is 1. The molecule has 1 amide bonds. The fourth-order valence-electron chi connectivity index (χ4n) is 2.20. The maximum absolute atomic E-state index is 12.3. The molecule has 1 heterocycles. The molecule has 0 saturated carbocycles. The predicted molar refractivity (Wildman–Crippen MR) is 80.6 cm³/mol. The van der Waals surface area contributed by atoms with E-state index in [4.69, 9.17) is 0 Å². The SMILES string of the molecule is CC(C)[C@H](NC(=O)Cn1c(=O)[nH]c2ccccc2c1=O)C(=O)[O-]. The number of carboxylic acids is 1. The molecule has 0 unspecified atom stereocenters. The zero-order valence-corrected chi connectivity index (χ0v) is 12.7. The molecule has 23 heavy (non-hydrogen) atoms. The van der Waals surface area contributed by atoms with Gasteiger partial charge in [0.15, 0.2) is 0 Å². The van der Waals surface area contributed by atoms with Crippen LogP contribution in [0.1, 0.15) is 13.8 Å². The summed E-state index contributed by atoms with van der Waals surface area (Å²) < 4.78 is 0.727. The Morgan fingerprint density at radius 1 is 1.26 bits per heavy atom. The second-order valence-corrected chi connectivity index (χ2v) is 5.48. The van der Waals surface area contributed by atoms with Crippen LogP contribution in [0.5, 0.6) is 0 Å². The Balaban J connectivity index is 2.32. The fraction of sp³-hybridized carbons (Fsp3) is 0.333. The van der Waals surface area contributed by atoms with Crippen molar-refractivity contribution >= 4 is 22.8 Å². The number of carbonyl (C=O) groups excluding carboxylic acids is 2. The van der Waals surface area contributed by atoms with E-state index in [9.17, 15) is 24.3 Å². The van der Waals surface area contributed by atoms with Crippen molar-refractivity contribution in [3.05, 3.63) is 45.1 Å². The lowest BCUT2D eigenvalue weighted by Crippen LogP contribution is -2.52. The predicted octanol–water partition coefficient (Wildman–Crippen LogP) is -1.42. The summed E-state index contributed by atoms with van der Waals surface area (Å²) >= 11 is 0. The van der Waals surface area contributed by atoms with Crippen molar-refractivity contribution in [3.63, 3.8) is 0 Å². The van der Waals surface area contributed by atoms with Crippen LogP contribution in [0.4, 0.5) is 0 Å². The monoisotopic (exact) mass is 318 g/mol. The molecule has 1 aromatic carbocycles. The average molecular weight is 318 g/mol. The summed E-state index contributed by atoms with van der Waals surface area (Å²) in [4.78, 5) is 49.6. The maximum Gasteiger partial charge on any atom is 0.329 e. The molecular formula is C15H16N3O5-. The first kappa shape index (κ1) is 16.5. The van der Waals surface area contributed by atoms with Crippen LogP contribution in [-0.2, 0) is 16.1 Å². The number of aromatic amines is 1. The Morgan fingerprint density at radius 2 is 1.91 bits per heavy atom. The Bertz CT molecular complexity index is 865. The highest BCUT2D eigenvalue weighted by molar-refractivity contribution is 5.83. The standard InChI is InChI=1S/C15H17N3O5/c1-8(2)12(14(21)22)17-11(19)7-18-13(20)9-5-3-4-6-10(9)16-15(18)23/h3-6,8,12H,7H2,1-2H3,(H,16,23)(H,17,19)(H,21,22)/p-1/t12-/m0/s1. The third-order valence-electron chi connectivity index (χ3n) is 3.43. The van der Waals surface area contributed by atoms with E-state index >= 15 is 0 Å². The number of carboxylic acid groups (broad SMARTS) is 1. The van der Waals surface area contributed by atoms with E-state index in [2.05, 4.69) is 10.3 Å². The van der Waals surface area contributed by atoms with Gasteiger partial charge in [0.2, 0.25) is 5.91 Å². The van der Waals surface area contributed by atoms with Gasteiger partial charge in [-0.25, -0.2) is 4.79 Å². The molecule has 1 atom stereocenters. The molecule has 0 saturated heterocycles. The van der Waals surface area contributed by atoms with E-state index in [0.717, 1.165) is 4.57 Å². The number of carbonyl (C=O) groups is 2. The van der Waals surface area contributed by atoms with Crippen molar-refractivity contribution in [2.75, 3.05) is 0 Å². The number of rotatable bonds is 5. The van der Waals surface area contributed by atoms with Gasteiger partial charge >= 0.3 is 5.69 Å². The van der Waals surface area contributed by atoms with Crippen LogP contribution in [0, 0.1) is 5.92 Å². The van der Waals surface area contributed by atoms with Gasteiger partial charge in [0.1, 0.15) is 6.54 Å². The molecular weight excluding hydrogens is 302 g/mol. The minimum absolute atomic E-state index is 0.264. The lowest BCUT2D eigenvalue weighted by molar-refractivity contribution is -0.309. The molecule has 0 bridgehead atoms. The van der Waals surface area contributed by atoms with Gasteiger partial charge in [0.25, 0.3) is 5.56 Å². The number of nitrogens with one attached hydrogen (secondary N) is 2. The van der Waals surface area contributed by atoms with E-state index in [1.54, 1.807) is 32.0 Å². The second-order valence-electron chi connectivity index (χ2n) is 5.48. The molecule has 0 spiro atoms. The molecule has 8 heteroatoms. The molecule has 2 rings (SSSR count). The third kappa shape index (κ3) is 3.47. The Hall–Kier alpha value is -2.90. The van der Waals surface area contributed by atoms with Crippen molar-refractivity contribution < 1.29 is 14.7 Å². The summed E-state index contributed by atoms with van der Waals surface area (Å²) in [6, 6.07) is 5.21. The minimum atomic E-state index is -1.42. The largest absolute Gasteiger partial charge is 0.548 e. The molecule has 0 fully saturated rings. The summed E-state index contributed by atoms with van der Waals surface area (Å²) in [5, 5.41) is 13.5. The van der Waals surface area contributed by atoms with Gasteiger partial charge in [0.05, 0.1) is 22.9 Å². The first-order valence-electron chi connectivity index (χ1n) is 7.03. The number of para-hydroxylation sites is 1. The Labute approximate surface area is 130 Å². The summed E-state index contributed by atoms with van der Waals surface area (Å²) in [5.74, 6) is -2.57. The van der Waals surface area contributed by atoms with E-state index in [1.807, 2.05) is 0 Å². The molecule has 1 aromatic heterocycles. The number of aliphatic carboxylic acids is 1. The minimum Gasteiger partial charge on any atom is -0.548 e. The zero-order valence-electron chi connectivity index (χ0n) is 12.7. The first-order chi connectivity index (χ1) is 10.8. The molecule has 122 valence electrons. The van der Waals surface area contributed by atoms with Gasteiger partial charge in [-0.3, -0.25) is 14.2 Å². The van der Waals surface area contributed by atoms with Crippen molar-refractivity contribution in [1.29, 1.82) is 0 Å². The van der Waals surface area contributed by atoms with Crippen LogP contribution in [0.2, 0.25) is 0 Å². The van der Waals surface area contributed by atoms with Crippen LogP contribution < -0.4 is 21.7 Å². The van der Waals surface area contributed by atoms with Crippen molar-refractivity contribution in [1.82, 2.24) is 14.9 Å². The van der Waals surface area contributed by atoms with Crippen LogP contribution in [0.15, 0.2) is 33.9 Å². The summed E-state index contributed by atoms with van der Waals surface area (Å²) in [5.41, 5.74) is -0.985. The van der Waals surface area contributed by atoms with Crippen molar-refractivity contribution in [3.8, 4) is 0 Å². The van der Waals surface area contributed by atoms with Gasteiger partial charge in [-0.2, -0.15) is 0 Å².